The van der Waals surface area contributed by atoms with Crippen molar-refractivity contribution in [3.05, 3.63) is 11.6 Å². The van der Waals surface area contributed by atoms with E-state index in [4.69, 9.17) is 33.2 Å². The maximum absolute atomic E-state index is 13.6. The Morgan fingerprint density at radius 1 is 1.00 bits per heavy atom. The summed E-state index contributed by atoms with van der Waals surface area (Å²) in [5.74, 6) is -5.89. The molecule has 3 aliphatic carbocycles. The van der Waals surface area contributed by atoms with Gasteiger partial charge in [0.25, 0.3) is 0 Å². The molecule has 5 saturated heterocycles. The molecule has 0 amide bonds. The SMILES string of the molecule is C/C=C(\C)C(=O)O[C@@H]1C[C@H](O)[C@]23CO[C@H](C(=O)OC)[C@H]2[C@@]2(C)[C@H](O[C@]4(C)C5C[C@@H](O[C@H]6O[C@H](O)CC56O)[C@]24O)[C@@H]2OC[C@@]1(C(=O)O)[C@H]23. The van der Waals surface area contributed by atoms with Crippen LogP contribution in [0.2, 0.25) is 0 Å². The Kier molecular flexibility index (Phi) is 6.48. The first-order chi connectivity index (χ1) is 22.0. The highest BCUT2D eigenvalue weighted by molar-refractivity contribution is 5.88. The molecule has 8 fully saturated rings. The zero-order chi connectivity index (χ0) is 33.9. The Morgan fingerprint density at radius 3 is 2.38 bits per heavy atom. The second-order valence-corrected chi connectivity index (χ2v) is 15.3. The van der Waals surface area contributed by atoms with Crippen molar-refractivity contribution in [3.8, 4) is 0 Å². The molecule has 15 nitrogen and oxygen atoms in total. The summed E-state index contributed by atoms with van der Waals surface area (Å²) in [5, 5.41) is 58.9. The number of carboxylic acid groups (broad SMARTS) is 1. The van der Waals surface area contributed by atoms with Gasteiger partial charge in [-0.05, 0) is 27.2 Å². The zero-order valence-electron chi connectivity index (χ0n) is 26.8. The normalized spacial score (nSPS) is 58.2. The summed E-state index contributed by atoms with van der Waals surface area (Å²) < 4.78 is 42.4. The van der Waals surface area contributed by atoms with Gasteiger partial charge in [-0.1, -0.05) is 13.0 Å². The summed E-state index contributed by atoms with van der Waals surface area (Å²) in [6, 6.07) is 0. The van der Waals surface area contributed by atoms with Crippen LogP contribution in [0.1, 0.15) is 47.0 Å². The number of hydrogen-bond donors (Lipinski definition) is 5. The van der Waals surface area contributed by atoms with Crippen LogP contribution in [-0.2, 0) is 47.5 Å². The number of aliphatic hydroxyl groups excluding tert-OH is 2. The second kappa shape index (κ2) is 9.52. The lowest BCUT2D eigenvalue weighted by Gasteiger charge is -2.64. The van der Waals surface area contributed by atoms with E-state index in [1.54, 1.807) is 20.8 Å². The van der Waals surface area contributed by atoms with Crippen LogP contribution < -0.4 is 0 Å². The van der Waals surface area contributed by atoms with Crippen molar-refractivity contribution in [3.63, 3.8) is 0 Å². The van der Waals surface area contributed by atoms with Gasteiger partial charge in [0, 0.05) is 47.0 Å². The summed E-state index contributed by atoms with van der Waals surface area (Å²) in [5.41, 5.74) is -10.0. The zero-order valence-corrected chi connectivity index (χ0v) is 26.8. The quantitative estimate of drug-likeness (QED) is 0.180. The number of carboxylic acids is 1. The van der Waals surface area contributed by atoms with Crippen molar-refractivity contribution in [1.29, 1.82) is 0 Å². The molecule has 15 heteroatoms. The molecular formula is C32H42O15. The number of methoxy groups -OCH3 is 1. The van der Waals surface area contributed by atoms with Crippen LogP contribution in [0.25, 0.3) is 0 Å². The largest absolute Gasteiger partial charge is 0.481 e. The number of carbonyl (C=O) groups excluding carboxylic acids is 2. The van der Waals surface area contributed by atoms with Crippen LogP contribution in [0, 0.1) is 34.0 Å². The molecule has 260 valence electrons. The number of carbonyl (C=O) groups is 3. The highest BCUT2D eigenvalue weighted by atomic mass is 16.8. The number of aliphatic carboxylic acids is 1. The second-order valence-electron chi connectivity index (χ2n) is 15.3. The van der Waals surface area contributed by atoms with Gasteiger partial charge in [0.15, 0.2) is 18.7 Å². The topological polar surface area (TPSA) is 217 Å². The highest BCUT2D eigenvalue weighted by Crippen LogP contribution is 2.79. The lowest BCUT2D eigenvalue weighted by atomic mass is 9.38. The van der Waals surface area contributed by atoms with Crippen LogP contribution in [-0.4, -0.2) is 130 Å². The van der Waals surface area contributed by atoms with Crippen molar-refractivity contribution in [2.45, 2.75) is 113 Å². The molecule has 0 aromatic heterocycles. The maximum atomic E-state index is 13.6. The van der Waals surface area contributed by atoms with Gasteiger partial charge in [-0.3, -0.25) is 4.79 Å². The minimum atomic E-state index is -1.98. The van der Waals surface area contributed by atoms with E-state index < -0.39 is 125 Å². The molecule has 5 heterocycles. The molecule has 3 saturated carbocycles. The van der Waals surface area contributed by atoms with E-state index in [1.807, 2.05) is 0 Å². The molecule has 5 aliphatic heterocycles. The third kappa shape index (κ3) is 3.23. The fourth-order valence-electron chi connectivity index (χ4n) is 12.0. The molecule has 8 aliphatic rings. The molecule has 5 N–H and O–H groups in total. The third-order valence-corrected chi connectivity index (χ3v) is 14.0. The van der Waals surface area contributed by atoms with Gasteiger partial charge in [0.05, 0.1) is 44.7 Å². The lowest BCUT2D eigenvalue weighted by Crippen LogP contribution is -2.77. The first-order valence-electron chi connectivity index (χ1n) is 16.2. The monoisotopic (exact) mass is 666 g/mol. The maximum Gasteiger partial charge on any atom is 0.335 e. The molecule has 0 radical (unpaired) electrons. The van der Waals surface area contributed by atoms with E-state index in [2.05, 4.69) is 0 Å². The van der Waals surface area contributed by atoms with E-state index >= 15 is 0 Å². The number of aliphatic hydroxyl groups is 4. The van der Waals surface area contributed by atoms with E-state index in [1.165, 1.54) is 20.1 Å². The van der Waals surface area contributed by atoms with E-state index in [9.17, 15) is 39.9 Å². The van der Waals surface area contributed by atoms with Gasteiger partial charge in [-0.15, -0.1) is 0 Å². The van der Waals surface area contributed by atoms with Gasteiger partial charge in [-0.2, -0.15) is 0 Å². The first kappa shape index (κ1) is 32.0. The molecule has 2 unspecified atom stereocenters. The number of hydrogen-bond acceptors (Lipinski definition) is 14. The predicted molar refractivity (Wildman–Crippen MR) is 151 cm³/mol. The molecule has 17 atom stereocenters. The predicted octanol–water partition coefficient (Wildman–Crippen LogP) is -0.987. The lowest BCUT2D eigenvalue weighted by molar-refractivity contribution is -0.307. The number of ether oxygens (including phenoxy) is 7. The van der Waals surface area contributed by atoms with Crippen molar-refractivity contribution in [2.75, 3.05) is 20.3 Å². The Morgan fingerprint density at radius 2 is 1.72 bits per heavy atom. The number of esters is 2. The molecule has 0 aromatic rings. The summed E-state index contributed by atoms with van der Waals surface area (Å²) in [4.78, 5) is 40.1. The summed E-state index contributed by atoms with van der Waals surface area (Å²) in [6.45, 7) is 5.86. The van der Waals surface area contributed by atoms with Crippen LogP contribution in [0.5, 0.6) is 0 Å². The Labute approximate surface area is 270 Å². The molecule has 1 spiro atoms. The van der Waals surface area contributed by atoms with Gasteiger partial charge < -0.3 is 58.7 Å². The minimum Gasteiger partial charge on any atom is -0.481 e. The van der Waals surface area contributed by atoms with Crippen LogP contribution in [0.15, 0.2) is 11.6 Å². The molecular weight excluding hydrogens is 624 g/mol. The minimum absolute atomic E-state index is 0.126. The summed E-state index contributed by atoms with van der Waals surface area (Å²) in [7, 11) is 1.19. The third-order valence-electron chi connectivity index (χ3n) is 14.0. The van der Waals surface area contributed by atoms with Crippen molar-refractivity contribution in [2.24, 2.45) is 34.0 Å². The Balaban J connectivity index is 1.34. The van der Waals surface area contributed by atoms with Crippen molar-refractivity contribution < 1.29 is 73.1 Å². The van der Waals surface area contributed by atoms with Gasteiger partial charge >= 0.3 is 17.9 Å². The average molecular weight is 667 g/mol. The molecule has 8 rings (SSSR count). The Hall–Kier alpha value is -2.21. The standard InChI is InChI=1S/C32H42O15/c1-6-12(2)23(35)44-15-8-14(33)29-10-43-19(24(36)41-5)20(29)27(3)22(18-21(29)30(15,11-42-18)25(37)38)47-28(4)13-7-16(32(27,28)40)45-26-31(13,39)9-17(34)46-26/h6,13-22,26,33-34,39-40H,7-11H2,1-5H3,(H,37,38)/b12-6+/t13?,14-,15+,16+,17-,18+,19-,20-,21+,22+,26-,27-,28+,29+,30-,31?,32-/m0/s1. The van der Waals surface area contributed by atoms with Crippen LogP contribution in [0.3, 0.4) is 0 Å². The summed E-state index contributed by atoms with van der Waals surface area (Å²) >= 11 is 0. The number of fused-ring (bicyclic) bond motifs is 11. The molecule has 47 heavy (non-hydrogen) atoms. The molecule has 0 aromatic carbocycles. The van der Waals surface area contributed by atoms with E-state index in [-0.39, 0.29) is 31.4 Å². The fourth-order valence-corrected chi connectivity index (χ4v) is 12.0. The van der Waals surface area contributed by atoms with Gasteiger partial charge in [0.2, 0.25) is 0 Å². The first-order valence-corrected chi connectivity index (χ1v) is 16.2. The fraction of sp³-hybridized carbons (Fsp3) is 0.844. The van der Waals surface area contributed by atoms with Crippen molar-refractivity contribution in [1.82, 2.24) is 0 Å². The van der Waals surface area contributed by atoms with Crippen LogP contribution in [0.4, 0.5) is 0 Å². The summed E-state index contributed by atoms with van der Waals surface area (Å²) in [6.07, 6.45) is -8.71. The van der Waals surface area contributed by atoms with E-state index in [0.717, 1.165) is 0 Å². The van der Waals surface area contributed by atoms with Gasteiger partial charge in [0.1, 0.15) is 28.3 Å². The smallest absolute Gasteiger partial charge is 0.335 e. The number of allylic oxidation sites excluding steroid dienone is 1. The Bertz CT molecular complexity index is 1470. The number of rotatable bonds is 4. The van der Waals surface area contributed by atoms with Gasteiger partial charge in [-0.25, -0.2) is 9.59 Å². The van der Waals surface area contributed by atoms with Crippen LogP contribution >= 0.6 is 0 Å². The highest BCUT2D eigenvalue weighted by Gasteiger charge is 2.92. The molecule has 2 bridgehead atoms. The average Bonchev–Trinajstić information content (AvgIpc) is 3.78. The van der Waals surface area contributed by atoms with E-state index in [0.29, 0.717) is 0 Å². The van der Waals surface area contributed by atoms with Crippen molar-refractivity contribution >= 4 is 17.9 Å².